The van der Waals surface area contributed by atoms with Crippen molar-refractivity contribution in [2.75, 3.05) is 13.2 Å². The fourth-order valence-corrected chi connectivity index (χ4v) is 9.46. The van der Waals surface area contributed by atoms with Crippen molar-refractivity contribution in [1.29, 1.82) is 0 Å². The van der Waals surface area contributed by atoms with Crippen LogP contribution in [0, 0.1) is 0 Å². The standard InChI is InChI=1S/C65H120O6/c1-4-7-10-13-16-19-22-25-28-30-31-32-33-34-35-38-40-43-46-49-52-55-58-64(67)70-61-62(60-69-63(66)57-54-51-48-45-42-39-36-27-24-21-18-15-12-9-6-3)71-65(68)59-56-53-50-47-44-41-37-29-26-23-20-17-14-11-8-5-2/h9,12,18,21,27,36,62H,4-8,10-11,13-17,19-20,22-26,28-35,37-61H2,1-3H3/b12-9-,21-18-,36-27-. The van der Waals surface area contributed by atoms with Crippen LogP contribution in [0.2, 0.25) is 0 Å². The fraction of sp³-hybridized carbons (Fsp3) is 0.862. The normalized spacial score (nSPS) is 12.2. The quantitative estimate of drug-likeness (QED) is 0.0261. The molecule has 71 heavy (non-hydrogen) atoms. The zero-order valence-electron chi connectivity index (χ0n) is 47.8. The molecule has 6 nitrogen and oxygen atoms in total. The largest absolute Gasteiger partial charge is 0.462 e. The average molecular weight is 998 g/mol. The maximum Gasteiger partial charge on any atom is 0.306 e. The summed E-state index contributed by atoms with van der Waals surface area (Å²) in [5.74, 6) is -0.865. The van der Waals surface area contributed by atoms with Crippen LogP contribution in [0.5, 0.6) is 0 Å². The van der Waals surface area contributed by atoms with Gasteiger partial charge in [0.2, 0.25) is 0 Å². The van der Waals surface area contributed by atoms with Gasteiger partial charge in [0, 0.05) is 19.3 Å². The van der Waals surface area contributed by atoms with Gasteiger partial charge in [0.25, 0.3) is 0 Å². The van der Waals surface area contributed by atoms with E-state index in [-0.39, 0.29) is 31.1 Å². The van der Waals surface area contributed by atoms with Gasteiger partial charge in [-0.15, -0.1) is 0 Å². The highest BCUT2D eigenvalue weighted by molar-refractivity contribution is 5.71. The summed E-state index contributed by atoms with van der Waals surface area (Å²) in [7, 11) is 0. The van der Waals surface area contributed by atoms with Crippen LogP contribution in [0.1, 0.15) is 342 Å². The van der Waals surface area contributed by atoms with Crippen molar-refractivity contribution in [3.05, 3.63) is 36.5 Å². The smallest absolute Gasteiger partial charge is 0.306 e. The number of unbranched alkanes of at least 4 members (excludes halogenated alkanes) is 41. The SMILES string of the molecule is CC/C=C\C/C=C\C/C=C\CCCCCCCC(=O)OCC(COC(=O)CCCCCCCCCCCCCCCCCCCCCCCC)OC(=O)CCCCCCCCCCCCCCCCCC. The Morgan fingerprint density at radius 1 is 0.296 bits per heavy atom. The van der Waals surface area contributed by atoms with E-state index in [2.05, 4.69) is 57.2 Å². The third-order valence-electron chi connectivity index (χ3n) is 14.2. The first-order valence-corrected chi connectivity index (χ1v) is 31.5. The first kappa shape index (κ1) is 68.6. The number of esters is 3. The zero-order chi connectivity index (χ0) is 51.4. The molecule has 0 bridgehead atoms. The van der Waals surface area contributed by atoms with Gasteiger partial charge in [-0.05, 0) is 51.4 Å². The lowest BCUT2D eigenvalue weighted by Gasteiger charge is -2.18. The minimum absolute atomic E-state index is 0.0723. The average Bonchev–Trinajstić information content (AvgIpc) is 3.37. The van der Waals surface area contributed by atoms with Crippen LogP contribution in [0.15, 0.2) is 36.5 Å². The summed E-state index contributed by atoms with van der Waals surface area (Å²) in [6.07, 6.45) is 72.9. The number of ether oxygens (including phenoxy) is 3. The molecule has 0 aliphatic heterocycles. The Labute approximate surface area is 442 Å². The summed E-state index contributed by atoms with van der Waals surface area (Å²) in [5, 5.41) is 0. The fourth-order valence-electron chi connectivity index (χ4n) is 9.46. The number of carbonyl (C=O) groups excluding carboxylic acids is 3. The van der Waals surface area contributed by atoms with E-state index < -0.39 is 6.10 Å². The maximum absolute atomic E-state index is 12.9. The van der Waals surface area contributed by atoms with Crippen molar-refractivity contribution in [3.8, 4) is 0 Å². The van der Waals surface area contributed by atoms with Gasteiger partial charge in [-0.25, -0.2) is 0 Å². The number of hydrogen-bond donors (Lipinski definition) is 0. The molecule has 0 heterocycles. The summed E-state index contributed by atoms with van der Waals surface area (Å²) >= 11 is 0. The first-order valence-electron chi connectivity index (χ1n) is 31.5. The minimum atomic E-state index is -0.776. The molecular formula is C65H120O6. The number of hydrogen-bond acceptors (Lipinski definition) is 6. The highest BCUT2D eigenvalue weighted by Gasteiger charge is 2.19. The maximum atomic E-state index is 12.9. The molecule has 0 aromatic rings. The highest BCUT2D eigenvalue weighted by atomic mass is 16.6. The van der Waals surface area contributed by atoms with Crippen LogP contribution in [0.4, 0.5) is 0 Å². The predicted molar refractivity (Wildman–Crippen MR) is 307 cm³/mol. The van der Waals surface area contributed by atoms with E-state index in [1.807, 2.05) is 0 Å². The van der Waals surface area contributed by atoms with E-state index in [0.717, 1.165) is 96.3 Å². The molecule has 0 saturated carbocycles. The molecule has 0 saturated heterocycles. The summed E-state index contributed by atoms with van der Waals surface area (Å²) < 4.78 is 16.9. The summed E-state index contributed by atoms with van der Waals surface area (Å²) in [6.45, 7) is 6.58. The van der Waals surface area contributed by atoms with Crippen molar-refractivity contribution in [2.24, 2.45) is 0 Å². The van der Waals surface area contributed by atoms with E-state index in [1.54, 1.807) is 0 Å². The first-order chi connectivity index (χ1) is 35.0. The highest BCUT2D eigenvalue weighted by Crippen LogP contribution is 2.18. The van der Waals surface area contributed by atoms with Crippen LogP contribution in [0.3, 0.4) is 0 Å². The Morgan fingerprint density at radius 2 is 0.549 bits per heavy atom. The third kappa shape index (κ3) is 58.4. The van der Waals surface area contributed by atoms with E-state index in [4.69, 9.17) is 14.2 Å². The summed E-state index contributed by atoms with van der Waals surface area (Å²) in [6, 6.07) is 0. The molecule has 0 N–H and O–H groups in total. The molecule has 0 radical (unpaired) electrons. The predicted octanol–water partition coefficient (Wildman–Crippen LogP) is 21.2. The second-order valence-corrected chi connectivity index (χ2v) is 21.3. The zero-order valence-corrected chi connectivity index (χ0v) is 47.8. The van der Waals surface area contributed by atoms with Crippen molar-refractivity contribution < 1.29 is 28.6 Å². The summed E-state index contributed by atoms with van der Waals surface area (Å²) in [5.41, 5.74) is 0. The van der Waals surface area contributed by atoms with Gasteiger partial charge in [0.05, 0.1) is 0 Å². The van der Waals surface area contributed by atoms with Crippen molar-refractivity contribution in [2.45, 2.75) is 348 Å². The van der Waals surface area contributed by atoms with E-state index in [0.29, 0.717) is 19.3 Å². The molecule has 0 aromatic heterocycles. The van der Waals surface area contributed by atoms with Crippen molar-refractivity contribution in [1.82, 2.24) is 0 Å². The van der Waals surface area contributed by atoms with Crippen LogP contribution in [0.25, 0.3) is 0 Å². The van der Waals surface area contributed by atoms with Gasteiger partial charge >= 0.3 is 17.9 Å². The second-order valence-electron chi connectivity index (χ2n) is 21.3. The molecule has 416 valence electrons. The number of carbonyl (C=O) groups is 3. The molecule has 1 unspecified atom stereocenters. The van der Waals surface area contributed by atoms with E-state index in [9.17, 15) is 14.4 Å². The molecule has 0 amide bonds. The van der Waals surface area contributed by atoms with Gasteiger partial charge in [-0.3, -0.25) is 14.4 Å². The number of allylic oxidation sites excluding steroid dienone is 6. The van der Waals surface area contributed by atoms with E-state index >= 15 is 0 Å². The molecule has 0 rings (SSSR count). The third-order valence-corrected chi connectivity index (χ3v) is 14.2. The minimum Gasteiger partial charge on any atom is -0.462 e. The van der Waals surface area contributed by atoms with Crippen LogP contribution < -0.4 is 0 Å². The Kier molecular flexibility index (Phi) is 58.2. The molecular weight excluding hydrogens is 877 g/mol. The molecule has 0 aromatic carbocycles. The van der Waals surface area contributed by atoms with E-state index in [1.165, 1.54) is 205 Å². The number of rotatable bonds is 58. The van der Waals surface area contributed by atoms with Gasteiger partial charge in [0.15, 0.2) is 6.10 Å². The molecule has 6 heteroatoms. The molecule has 1 atom stereocenters. The van der Waals surface area contributed by atoms with Crippen LogP contribution in [-0.2, 0) is 28.6 Å². The van der Waals surface area contributed by atoms with Crippen molar-refractivity contribution >= 4 is 17.9 Å². The van der Waals surface area contributed by atoms with Crippen LogP contribution >= 0.6 is 0 Å². The lowest BCUT2D eigenvalue weighted by molar-refractivity contribution is -0.167. The second kappa shape index (κ2) is 60.2. The van der Waals surface area contributed by atoms with Gasteiger partial charge < -0.3 is 14.2 Å². The Morgan fingerprint density at radius 3 is 0.859 bits per heavy atom. The molecule has 0 aliphatic carbocycles. The molecule has 0 fully saturated rings. The summed E-state index contributed by atoms with van der Waals surface area (Å²) in [4.78, 5) is 38.3. The Balaban J connectivity index is 4.29. The molecule has 0 aliphatic rings. The van der Waals surface area contributed by atoms with Gasteiger partial charge in [0.1, 0.15) is 13.2 Å². The lowest BCUT2D eigenvalue weighted by Crippen LogP contribution is -2.30. The Bertz CT molecular complexity index is 1190. The van der Waals surface area contributed by atoms with Gasteiger partial charge in [-0.2, -0.15) is 0 Å². The Hall–Kier alpha value is -2.37. The topological polar surface area (TPSA) is 78.9 Å². The lowest BCUT2D eigenvalue weighted by atomic mass is 10.0. The molecule has 0 spiro atoms. The van der Waals surface area contributed by atoms with Crippen molar-refractivity contribution in [3.63, 3.8) is 0 Å². The monoisotopic (exact) mass is 997 g/mol. The van der Waals surface area contributed by atoms with Crippen LogP contribution in [-0.4, -0.2) is 37.2 Å². The van der Waals surface area contributed by atoms with Gasteiger partial charge in [-0.1, -0.05) is 308 Å².